The van der Waals surface area contributed by atoms with Crippen molar-refractivity contribution in [3.8, 4) is 0 Å². The van der Waals surface area contributed by atoms with E-state index in [1.165, 1.54) is 12.5 Å². The zero-order valence-electron chi connectivity index (χ0n) is 10.7. The van der Waals surface area contributed by atoms with Crippen molar-refractivity contribution in [2.45, 2.75) is 12.3 Å². The van der Waals surface area contributed by atoms with Crippen LogP contribution in [0.4, 0.5) is 5.69 Å². The van der Waals surface area contributed by atoms with Crippen LogP contribution in [0.25, 0.3) is 0 Å². The number of amides is 1. The molecule has 0 radical (unpaired) electrons. The Bertz CT molecular complexity index is 648. The molecule has 0 saturated heterocycles. The zero-order valence-corrected chi connectivity index (χ0v) is 10.7. The lowest BCUT2D eigenvalue weighted by atomic mass is 9.89. The molecule has 1 N–H and O–H groups in total. The van der Waals surface area contributed by atoms with Gasteiger partial charge in [-0.3, -0.25) is 9.59 Å². The quantitative estimate of drug-likeness (QED) is 0.911. The van der Waals surface area contributed by atoms with Crippen LogP contribution in [0.2, 0.25) is 0 Å². The van der Waals surface area contributed by atoms with E-state index in [0.29, 0.717) is 29.8 Å². The van der Waals surface area contributed by atoms with Gasteiger partial charge < -0.3 is 14.4 Å². The molecule has 5 heteroatoms. The van der Waals surface area contributed by atoms with Crippen molar-refractivity contribution < 1.29 is 19.1 Å². The summed E-state index contributed by atoms with van der Waals surface area (Å²) in [6.07, 6.45) is 3.26. The normalized spacial score (nSPS) is 17.6. The number of benzene rings is 1. The average molecular weight is 271 g/mol. The molecule has 1 aromatic carbocycles. The van der Waals surface area contributed by atoms with Gasteiger partial charge in [-0.2, -0.15) is 0 Å². The predicted molar refractivity (Wildman–Crippen MR) is 71.8 cm³/mol. The van der Waals surface area contributed by atoms with Gasteiger partial charge in [-0.15, -0.1) is 0 Å². The van der Waals surface area contributed by atoms with Crippen LogP contribution in [0.3, 0.4) is 0 Å². The van der Waals surface area contributed by atoms with Gasteiger partial charge in [0.2, 0.25) is 0 Å². The zero-order chi connectivity index (χ0) is 14.1. The monoisotopic (exact) mass is 271 g/mol. The molecule has 1 atom stereocenters. The van der Waals surface area contributed by atoms with Crippen LogP contribution in [0, 0.1) is 0 Å². The van der Waals surface area contributed by atoms with Crippen LogP contribution in [0.5, 0.6) is 0 Å². The number of carbonyl (C=O) groups excluding carboxylic acids is 1. The summed E-state index contributed by atoms with van der Waals surface area (Å²) in [6, 6.07) is 8.75. The second-order valence-electron chi connectivity index (χ2n) is 4.71. The molecule has 1 aromatic heterocycles. The second kappa shape index (κ2) is 4.85. The lowest BCUT2D eigenvalue weighted by molar-refractivity contribution is -0.139. The van der Waals surface area contributed by atoms with Gasteiger partial charge in [-0.25, -0.2) is 0 Å². The summed E-state index contributed by atoms with van der Waals surface area (Å²) in [4.78, 5) is 25.3. The molecule has 0 aliphatic carbocycles. The summed E-state index contributed by atoms with van der Waals surface area (Å²) >= 11 is 0. The first-order valence-corrected chi connectivity index (χ1v) is 6.34. The summed E-state index contributed by atoms with van der Waals surface area (Å²) in [5.41, 5.74) is 1.81. The molecule has 0 saturated carbocycles. The number of carbonyl (C=O) groups is 2. The van der Waals surface area contributed by atoms with E-state index in [1.807, 2.05) is 0 Å². The Morgan fingerprint density at radius 1 is 1.25 bits per heavy atom. The van der Waals surface area contributed by atoms with Crippen molar-refractivity contribution in [2.24, 2.45) is 0 Å². The molecule has 1 unspecified atom stereocenters. The summed E-state index contributed by atoms with van der Waals surface area (Å²) in [7, 11) is 0. The highest BCUT2D eigenvalue weighted by atomic mass is 16.4. The number of nitrogens with zero attached hydrogens (tertiary/aromatic N) is 1. The van der Waals surface area contributed by atoms with Crippen LogP contribution in [0.15, 0.2) is 47.3 Å². The number of furan rings is 1. The highest BCUT2D eigenvalue weighted by Gasteiger charge is 2.32. The van der Waals surface area contributed by atoms with Crippen molar-refractivity contribution in [1.29, 1.82) is 0 Å². The van der Waals surface area contributed by atoms with Gasteiger partial charge in [0.1, 0.15) is 6.26 Å². The van der Waals surface area contributed by atoms with Gasteiger partial charge in [0, 0.05) is 12.2 Å². The van der Waals surface area contributed by atoms with Crippen LogP contribution in [-0.4, -0.2) is 23.5 Å². The number of fused-ring (bicyclic) bond motifs is 1. The Kier molecular flexibility index (Phi) is 3.02. The molecule has 102 valence electrons. The minimum atomic E-state index is -0.854. The maximum Gasteiger partial charge on any atom is 0.311 e. The fourth-order valence-corrected chi connectivity index (χ4v) is 2.57. The van der Waals surface area contributed by atoms with Gasteiger partial charge in [0.25, 0.3) is 5.91 Å². The SMILES string of the molecule is O=C(O)C1CCN(C(=O)c2ccoc2)c2ccccc21. The van der Waals surface area contributed by atoms with E-state index in [1.54, 1.807) is 35.2 Å². The Morgan fingerprint density at radius 3 is 2.75 bits per heavy atom. The number of aliphatic carboxylic acids is 1. The van der Waals surface area contributed by atoms with Crippen LogP contribution in [-0.2, 0) is 4.79 Å². The second-order valence-corrected chi connectivity index (χ2v) is 4.71. The minimum Gasteiger partial charge on any atom is -0.481 e. The molecule has 1 amide bonds. The molecule has 5 nitrogen and oxygen atoms in total. The smallest absolute Gasteiger partial charge is 0.311 e. The third-order valence-electron chi connectivity index (χ3n) is 3.56. The van der Waals surface area contributed by atoms with Gasteiger partial charge in [-0.05, 0) is 24.1 Å². The molecule has 1 aliphatic heterocycles. The Hall–Kier alpha value is -2.56. The average Bonchev–Trinajstić information content (AvgIpc) is 2.99. The minimum absolute atomic E-state index is 0.171. The fourth-order valence-electron chi connectivity index (χ4n) is 2.57. The number of para-hydroxylation sites is 1. The van der Waals surface area contributed by atoms with Gasteiger partial charge >= 0.3 is 5.97 Å². The van der Waals surface area contributed by atoms with E-state index < -0.39 is 11.9 Å². The van der Waals surface area contributed by atoms with Crippen molar-refractivity contribution in [1.82, 2.24) is 0 Å². The summed E-state index contributed by atoms with van der Waals surface area (Å²) < 4.78 is 4.93. The van der Waals surface area contributed by atoms with E-state index in [2.05, 4.69) is 0 Å². The molecule has 1 aliphatic rings. The highest BCUT2D eigenvalue weighted by Crippen LogP contribution is 2.36. The first-order chi connectivity index (χ1) is 9.68. The fraction of sp³-hybridized carbons (Fsp3) is 0.200. The molecular formula is C15H13NO4. The topological polar surface area (TPSA) is 70.8 Å². The summed E-state index contributed by atoms with van der Waals surface area (Å²) in [5.74, 6) is -1.58. The van der Waals surface area contributed by atoms with Crippen molar-refractivity contribution in [3.05, 3.63) is 54.0 Å². The highest BCUT2D eigenvalue weighted by molar-refractivity contribution is 6.07. The van der Waals surface area contributed by atoms with Crippen LogP contribution < -0.4 is 4.90 Å². The number of rotatable bonds is 2. The predicted octanol–water partition coefficient (Wildman–Crippen LogP) is 2.50. The molecule has 2 heterocycles. The number of anilines is 1. The van der Waals surface area contributed by atoms with Crippen LogP contribution >= 0.6 is 0 Å². The van der Waals surface area contributed by atoms with E-state index >= 15 is 0 Å². The maximum atomic E-state index is 12.4. The van der Waals surface area contributed by atoms with E-state index in [4.69, 9.17) is 4.42 Å². The molecule has 2 aromatic rings. The molecule has 0 spiro atoms. The number of hydrogen-bond acceptors (Lipinski definition) is 3. The van der Waals surface area contributed by atoms with Crippen molar-refractivity contribution in [2.75, 3.05) is 11.4 Å². The largest absolute Gasteiger partial charge is 0.481 e. The molecule has 3 rings (SSSR count). The number of hydrogen-bond donors (Lipinski definition) is 1. The maximum absolute atomic E-state index is 12.4. The van der Waals surface area contributed by atoms with E-state index in [-0.39, 0.29) is 5.91 Å². The Morgan fingerprint density at radius 2 is 2.05 bits per heavy atom. The molecule has 20 heavy (non-hydrogen) atoms. The molecule has 0 fully saturated rings. The Labute approximate surface area is 115 Å². The Balaban J connectivity index is 2.01. The summed E-state index contributed by atoms with van der Waals surface area (Å²) in [6.45, 7) is 0.387. The van der Waals surface area contributed by atoms with Gasteiger partial charge in [-0.1, -0.05) is 18.2 Å². The van der Waals surface area contributed by atoms with Gasteiger partial charge in [0.15, 0.2) is 0 Å². The van der Waals surface area contributed by atoms with Crippen molar-refractivity contribution in [3.63, 3.8) is 0 Å². The lowest BCUT2D eigenvalue weighted by Crippen LogP contribution is -2.38. The van der Waals surface area contributed by atoms with E-state index in [0.717, 1.165) is 0 Å². The lowest BCUT2D eigenvalue weighted by Gasteiger charge is -2.32. The van der Waals surface area contributed by atoms with Gasteiger partial charge in [0.05, 0.1) is 17.7 Å². The summed E-state index contributed by atoms with van der Waals surface area (Å²) in [5, 5.41) is 9.28. The third-order valence-corrected chi connectivity index (χ3v) is 3.56. The molecular weight excluding hydrogens is 258 g/mol. The van der Waals surface area contributed by atoms with E-state index in [9.17, 15) is 14.7 Å². The van der Waals surface area contributed by atoms with Crippen LogP contribution in [0.1, 0.15) is 28.3 Å². The number of carboxylic acids is 1. The standard InChI is InChI=1S/C15H13NO4/c17-14(10-6-8-20-9-10)16-7-5-12(15(18)19)11-3-1-2-4-13(11)16/h1-4,6,8-9,12H,5,7H2,(H,18,19). The first-order valence-electron chi connectivity index (χ1n) is 6.34. The first kappa shape index (κ1) is 12.5. The number of carboxylic acid groups (broad SMARTS) is 1. The van der Waals surface area contributed by atoms with Crippen molar-refractivity contribution >= 4 is 17.6 Å². The third kappa shape index (κ3) is 1.97. The molecule has 0 bridgehead atoms.